The summed E-state index contributed by atoms with van der Waals surface area (Å²) in [6, 6.07) is 13.8. The van der Waals surface area contributed by atoms with Gasteiger partial charge >= 0.3 is 5.97 Å². The van der Waals surface area contributed by atoms with Gasteiger partial charge < -0.3 is 14.2 Å². The molecule has 2 rings (SSSR count). The second-order valence-electron chi connectivity index (χ2n) is 6.05. The molecule has 0 unspecified atom stereocenters. The number of ether oxygens (including phenoxy) is 3. The number of nitrogens with zero attached hydrogens (tertiary/aromatic N) is 2. The van der Waals surface area contributed by atoms with Crippen molar-refractivity contribution in [1.29, 1.82) is 5.26 Å². The standard InChI is InChI=1S/C18H17ClN2O4S.C4H8O2/c1-24-13-25-18-8-7-16(11-17(18)19)21(26(22)23)9-3-6-14-4-2-5-15(10-14)12-20;1-3-6-4(2)5/h2-8,10-11,26H,9,13H2,1H3;3H2,1-2H3/b6-3+;. The van der Waals surface area contributed by atoms with Crippen molar-refractivity contribution in [2.45, 2.75) is 13.8 Å². The number of hydrogen-bond acceptors (Lipinski definition) is 7. The number of methoxy groups -OCH3 is 1. The number of nitriles is 1. The highest BCUT2D eigenvalue weighted by Crippen LogP contribution is 2.29. The number of carbonyl (C=O) groups excluding carboxylic acids is 1. The van der Waals surface area contributed by atoms with Crippen LogP contribution in [-0.4, -0.2) is 41.4 Å². The molecule has 0 amide bonds. The van der Waals surface area contributed by atoms with Crippen LogP contribution in [0.15, 0.2) is 48.5 Å². The summed E-state index contributed by atoms with van der Waals surface area (Å²) in [5.74, 6) is 0.194. The third-order valence-electron chi connectivity index (χ3n) is 3.69. The highest BCUT2D eigenvalue weighted by molar-refractivity contribution is 7.74. The maximum atomic E-state index is 11.6. The van der Waals surface area contributed by atoms with Gasteiger partial charge in [-0.2, -0.15) is 5.26 Å². The minimum absolute atomic E-state index is 0.0447. The number of rotatable bonds is 9. The molecule has 0 bridgehead atoms. The topological polar surface area (TPSA) is 106 Å². The predicted octanol–water partition coefficient (Wildman–Crippen LogP) is 3.81. The lowest BCUT2D eigenvalue weighted by Gasteiger charge is -2.17. The first-order valence-corrected chi connectivity index (χ1v) is 11.0. The van der Waals surface area contributed by atoms with E-state index < -0.39 is 10.9 Å². The Bertz CT molecular complexity index is 1030. The van der Waals surface area contributed by atoms with Crippen molar-refractivity contribution in [2.75, 3.05) is 31.4 Å². The van der Waals surface area contributed by atoms with E-state index in [1.54, 1.807) is 49.4 Å². The zero-order valence-electron chi connectivity index (χ0n) is 18.0. The van der Waals surface area contributed by atoms with Crippen molar-refractivity contribution >= 4 is 40.2 Å². The van der Waals surface area contributed by atoms with Crippen LogP contribution in [0.4, 0.5) is 5.69 Å². The van der Waals surface area contributed by atoms with E-state index in [4.69, 9.17) is 26.3 Å². The number of esters is 1. The highest BCUT2D eigenvalue weighted by Gasteiger charge is 2.10. The second-order valence-corrected chi connectivity index (χ2v) is 7.42. The van der Waals surface area contributed by atoms with Gasteiger partial charge in [-0.25, -0.2) is 8.42 Å². The highest BCUT2D eigenvalue weighted by atomic mass is 35.5. The Morgan fingerprint density at radius 2 is 2.00 bits per heavy atom. The molecule has 32 heavy (non-hydrogen) atoms. The fourth-order valence-corrected chi connectivity index (χ4v) is 3.13. The molecule has 2 aromatic rings. The lowest BCUT2D eigenvalue weighted by atomic mass is 10.1. The second kappa shape index (κ2) is 14.9. The summed E-state index contributed by atoms with van der Waals surface area (Å²) in [4.78, 5) is 9.82. The van der Waals surface area contributed by atoms with Gasteiger partial charge in [0.2, 0.25) is 10.9 Å². The number of halogens is 1. The number of thiol groups is 1. The Morgan fingerprint density at radius 1 is 1.25 bits per heavy atom. The lowest BCUT2D eigenvalue weighted by molar-refractivity contribution is -0.140. The summed E-state index contributed by atoms with van der Waals surface area (Å²) < 4.78 is 38.9. The van der Waals surface area contributed by atoms with E-state index in [0.717, 1.165) is 5.56 Å². The smallest absolute Gasteiger partial charge is 0.302 e. The maximum Gasteiger partial charge on any atom is 0.302 e. The van der Waals surface area contributed by atoms with Gasteiger partial charge in [0.1, 0.15) is 5.75 Å². The molecular formula is C22H25ClN2O6S. The molecule has 0 fully saturated rings. The Kier molecular flexibility index (Phi) is 12.5. The lowest BCUT2D eigenvalue weighted by Crippen LogP contribution is -2.21. The van der Waals surface area contributed by atoms with Gasteiger partial charge in [-0.05, 0) is 42.8 Å². The zero-order valence-corrected chi connectivity index (χ0v) is 19.6. The van der Waals surface area contributed by atoms with E-state index in [0.29, 0.717) is 23.6 Å². The normalized spacial score (nSPS) is 10.2. The monoisotopic (exact) mass is 480 g/mol. The number of benzene rings is 2. The van der Waals surface area contributed by atoms with Crippen LogP contribution >= 0.6 is 11.6 Å². The largest absolute Gasteiger partial charge is 0.466 e. The van der Waals surface area contributed by atoms with Crippen LogP contribution in [0.5, 0.6) is 5.75 Å². The fraction of sp³-hybridized carbons (Fsp3) is 0.273. The molecule has 0 heterocycles. The summed E-state index contributed by atoms with van der Waals surface area (Å²) in [7, 11) is -1.37. The van der Waals surface area contributed by atoms with Gasteiger partial charge in [0.25, 0.3) is 0 Å². The molecular weight excluding hydrogens is 456 g/mol. The SMILES string of the molecule is CCOC(C)=O.COCOc1ccc(N(C/C=C/c2cccc(C#N)c2)[SH](=O)=O)cc1Cl. The van der Waals surface area contributed by atoms with Crippen LogP contribution in [0.25, 0.3) is 6.08 Å². The average Bonchev–Trinajstić information content (AvgIpc) is 2.76. The van der Waals surface area contributed by atoms with E-state index in [1.807, 2.05) is 6.07 Å². The van der Waals surface area contributed by atoms with E-state index in [-0.39, 0.29) is 24.3 Å². The molecule has 0 N–H and O–H groups in total. The first-order chi connectivity index (χ1) is 15.3. The van der Waals surface area contributed by atoms with E-state index >= 15 is 0 Å². The minimum Gasteiger partial charge on any atom is -0.466 e. The quantitative estimate of drug-likeness (QED) is 0.330. The van der Waals surface area contributed by atoms with Crippen molar-refractivity contribution in [3.8, 4) is 11.8 Å². The fourth-order valence-electron chi connectivity index (χ4n) is 2.36. The van der Waals surface area contributed by atoms with Gasteiger partial charge in [0, 0.05) is 14.0 Å². The summed E-state index contributed by atoms with van der Waals surface area (Å²) in [5, 5.41) is 9.19. The summed E-state index contributed by atoms with van der Waals surface area (Å²) in [6.07, 6.45) is 3.45. The average molecular weight is 481 g/mol. The Morgan fingerprint density at radius 3 is 2.53 bits per heavy atom. The van der Waals surface area contributed by atoms with Gasteiger partial charge in [0.15, 0.2) is 6.79 Å². The molecule has 0 aliphatic heterocycles. The van der Waals surface area contributed by atoms with Crippen LogP contribution < -0.4 is 9.04 Å². The first-order valence-electron chi connectivity index (χ1n) is 9.45. The van der Waals surface area contributed by atoms with Crippen molar-refractivity contribution in [2.24, 2.45) is 0 Å². The van der Waals surface area contributed by atoms with Crippen LogP contribution in [0.3, 0.4) is 0 Å². The minimum atomic E-state index is -2.86. The Hall–Kier alpha value is -3.06. The van der Waals surface area contributed by atoms with Crippen molar-refractivity contribution < 1.29 is 27.4 Å². The van der Waals surface area contributed by atoms with Crippen LogP contribution in [-0.2, 0) is 25.2 Å². The molecule has 0 saturated carbocycles. The summed E-state index contributed by atoms with van der Waals surface area (Å²) in [6.45, 7) is 3.83. The van der Waals surface area contributed by atoms with E-state index in [9.17, 15) is 13.2 Å². The number of anilines is 1. The predicted molar refractivity (Wildman–Crippen MR) is 124 cm³/mol. The van der Waals surface area contributed by atoms with E-state index in [2.05, 4.69) is 10.8 Å². The van der Waals surface area contributed by atoms with Gasteiger partial charge in [-0.15, -0.1) is 0 Å². The van der Waals surface area contributed by atoms with Crippen molar-refractivity contribution in [3.05, 3.63) is 64.7 Å². The molecule has 8 nitrogen and oxygen atoms in total. The molecule has 0 aliphatic rings. The molecule has 0 atom stereocenters. The molecule has 0 radical (unpaired) electrons. The molecule has 0 aromatic heterocycles. The first kappa shape index (κ1) is 27.0. The van der Waals surface area contributed by atoms with Crippen LogP contribution in [0, 0.1) is 11.3 Å². The summed E-state index contributed by atoms with van der Waals surface area (Å²) in [5.41, 5.74) is 1.77. The third kappa shape index (κ3) is 9.83. The number of carbonyl (C=O) groups is 1. The van der Waals surface area contributed by atoms with Crippen molar-refractivity contribution in [3.63, 3.8) is 0 Å². The van der Waals surface area contributed by atoms with E-state index in [1.165, 1.54) is 24.4 Å². The molecule has 172 valence electrons. The summed E-state index contributed by atoms with van der Waals surface area (Å²) >= 11 is 6.12. The Labute approximate surface area is 194 Å². The molecule has 0 aliphatic carbocycles. The zero-order chi connectivity index (χ0) is 23.9. The van der Waals surface area contributed by atoms with Gasteiger partial charge in [-0.3, -0.25) is 9.10 Å². The van der Waals surface area contributed by atoms with Crippen molar-refractivity contribution in [1.82, 2.24) is 0 Å². The molecule has 0 saturated heterocycles. The van der Waals surface area contributed by atoms with Crippen LogP contribution in [0.2, 0.25) is 5.02 Å². The van der Waals surface area contributed by atoms with Gasteiger partial charge in [0.05, 0.1) is 35.5 Å². The molecule has 2 aromatic carbocycles. The van der Waals surface area contributed by atoms with Gasteiger partial charge in [-0.1, -0.05) is 35.9 Å². The van der Waals surface area contributed by atoms with Crippen LogP contribution in [0.1, 0.15) is 25.0 Å². The maximum absolute atomic E-state index is 11.6. The molecule has 0 spiro atoms. The number of hydrogen-bond donors (Lipinski definition) is 1. The Balaban J connectivity index is 0.000000751. The third-order valence-corrected chi connectivity index (χ3v) is 4.78. The molecule has 10 heteroatoms.